The van der Waals surface area contributed by atoms with Crippen LogP contribution in [-0.4, -0.2) is 26.5 Å². The highest BCUT2D eigenvalue weighted by Gasteiger charge is 2.15. The molecule has 148 valence electrons. The van der Waals surface area contributed by atoms with Gasteiger partial charge in [0.2, 0.25) is 11.9 Å². The van der Waals surface area contributed by atoms with Gasteiger partial charge in [-0.05, 0) is 44.4 Å². The third-order valence-electron chi connectivity index (χ3n) is 4.76. The van der Waals surface area contributed by atoms with Crippen molar-refractivity contribution in [2.75, 3.05) is 16.8 Å². The van der Waals surface area contributed by atoms with Gasteiger partial charge in [0, 0.05) is 30.0 Å². The molecule has 3 aromatic rings. The fourth-order valence-electron chi connectivity index (χ4n) is 2.86. The van der Waals surface area contributed by atoms with Gasteiger partial charge >= 0.3 is 0 Å². The minimum atomic E-state index is -0.240. The molecule has 0 aliphatic carbocycles. The van der Waals surface area contributed by atoms with E-state index in [-0.39, 0.29) is 5.82 Å². The number of imidazole rings is 1. The van der Waals surface area contributed by atoms with Crippen molar-refractivity contribution in [2.45, 2.75) is 47.1 Å². The first-order chi connectivity index (χ1) is 13.4. The molecule has 7 heteroatoms. The van der Waals surface area contributed by atoms with Crippen LogP contribution in [0.15, 0.2) is 30.5 Å². The van der Waals surface area contributed by atoms with Crippen LogP contribution in [0.3, 0.4) is 0 Å². The van der Waals surface area contributed by atoms with E-state index in [2.05, 4.69) is 34.1 Å². The lowest BCUT2D eigenvalue weighted by atomic mass is 10.2. The maximum absolute atomic E-state index is 13.5. The lowest BCUT2D eigenvalue weighted by molar-refractivity contribution is 0.624. The third kappa shape index (κ3) is 4.47. The maximum atomic E-state index is 13.5. The Morgan fingerprint density at radius 3 is 2.64 bits per heavy atom. The molecule has 2 aromatic heterocycles. The molecule has 0 unspecified atom stereocenters. The number of benzene rings is 1. The Morgan fingerprint density at radius 2 is 2.00 bits per heavy atom. The van der Waals surface area contributed by atoms with Crippen molar-refractivity contribution < 1.29 is 4.39 Å². The molecule has 3 rings (SSSR count). The molecule has 0 atom stereocenters. The van der Waals surface area contributed by atoms with Crippen LogP contribution < -0.4 is 10.2 Å². The Kier molecular flexibility index (Phi) is 5.92. The van der Waals surface area contributed by atoms with E-state index in [4.69, 9.17) is 4.98 Å². The molecule has 0 aliphatic rings. The summed E-state index contributed by atoms with van der Waals surface area (Å²) >= 11 is 0. The third-order valence-corrected chi connectivity index (χ3v) is 4.76. The van der Waals surface area contributed by atoms with Crippen molar-refractivity contribution in [1.29, 1.82) is 0 Å². The predicted molar refractivity (Wildman–Crippen MR) is 111 cm³/mol. The van der Waals surface area contributed by atoms with Crippen molar-refractivity contribution in [3.63, 3.8) is 0 Å². The van der Waals surface area contributed by atoms with Crippen molar-refractivity contribution in [3.05, 3.63) is 58.8 Å². The topological polar surface area (TPSA) is 69.7 Å². The Balaban J connectivity index is 1.88. The van der Waals surface area contributed by atoms with Crippen LogP contribution >= 0.6 is 0 Å². The number of aromatic nitrogens is 4. The summed E-state index contributed by atoms with van der Waals surface area (Å²) in [7, 11) is 0. The van der Waals surface area contributed by atoms with Crippen LogP contribution in [0.5, 0.6) is 0 Å². The van der Waals surface area contributed by atoms with Crippen LogP contribution in [0, 0.1) is 19.7 Å². The summed E-state index contributed by atoms with van der Waals surface area (Å²) in [5.41, 5.74) is 3.80. The van der Waals surface area contributed by atoms with Crippen LogP contribution in [0.2, 0.25) is 0 Å². The zero-order valence-electron chi connectivity index (χ0n) is 17.0. The average Bonchev–Trinajstić information content (AvgIpc) is 3.12. The molecular formula is C21H27FN6. The molecule has 2 heterocycles. The smallest absolute Gasteiger partial charge is 0.227 e. The van der Waals surface area contributed by atoms with Crippen molar-refractivity contribution >= 4 is 17.7 Å². The number of H-pyrrole nitrogens is 1. The van der Waals surface area contributed by atoms with Crippen molar-refractivity contribution in [3.8, 4) is 0 Å². The maximum Gasteiger partial charge on any atom is 0.227 e. The molecule has 0 saturated heterocycles. The van der Waals surface area contributed by atoms with Gasteiger partial charge < -0.3 is 15.2 Å². The monoisotopic (exact) mass is 382 g/mol. The summed E-state index contributed by atoms with van der Waals surface area (Å²) in [5, 5.41) is 3.28. The molecule has 0 saturated carbocycles. The van der Waals surface area contributed by atoms with E-state index in [0.29, 0.717) is 36.7 Å². The second-order valence-corrected chi connectivity index (χ2v) is 7.19. The highest BCUT2D eigenvalue weighted by Crippen LogP contribution is 2.24. The van der Waals surface area contributed by atoms with Gasteiger partial charge in [0.15, 0.2) is 0 Å². The Morgan fingerprint density at radius 1 is 1.21 bits per heavy atom. The van der Waals surface area contributed by atoms with E-state index in [0.717, 1.165) is 22.5 Å². The number of nitrogens with zero attached hydrogens (tertiary/aromatic N) is 4. The molecule has 0 spiro atoms. The Hall–Kier alpha value is -2.96. The Bertz CT molecular complexity index is 950. The van der Waals surface area contributed by atoms with Gasteiger partial charge in [-0.1, -0.05) is 26.0 Å². The average molecular weight is 382 g/mol. The predicted octanol–water partition coefficient (Wildman–Crippen LogP) is 4.85. The molecular weight excluding hydrogens is 355 g/mol. The highest BCUT2D eigenvalue weighted by molar-refractivity contribution is 5.57. The summed E-state index contributed by atoms with van der Waals surface area (Å²) in [5.74, 6) is 2.10. The van der Waals surface area contributed by atoms with Gasteiger partial charge in [-0.15, -0.1) is 0 Å². The fraction of sp³-hybridized carbons (Fsp3) is 0.381. The summed E-state index contributed by atoms with van der Waals surface area (Å²) in [6.07, 6.45) is 1.83. The van der Waals surface area contributed by atoms with Gasteiger partial charge in [-0.25, -0.2) is 14.4 Å². The normalized spacial score (nSPS) is 11.1. The van der Waals surface area contributed by atoms with E-state index in [9.17, 15) is 4.39 Å². The van der Waals surface area contributed by atoms with Gasteiger partial charge in [0.05, 0.1) is 6.20 Å². The van der Waals surface area contributed by atoms with E-state index in [1.807, 2.05) is 37.9 Å². The van der Waals surface area contributed by atoms with E-state index in [1.165, 1.54) is 6.07 Å². The van der Waals surface area contributed by atoms with Crippen LogP contribution in [0.25, 0.3) is 0 Å². The van der Waals surface area contributed by atoms with E-state index >= 15 is 0 Å². The molecule has 0 aliphatic heterocycles. The van der Waals surface area contributed by atoms with Gasteiger partial charge in [0.25, 0.3) is 0 Å². The second-order valence-electron chi connectivity index (χ2n) is 7.19. The van der Waals surface area contributed by atoms with E-state index < -0.39 is 0 Å². The number of hydrogen-bond acceptors (Lipinski definition) is 5. The number of rotatable bonds is 7. The summed E-state index contributed by atoms with van der Waals surface area (Å²) in [4.78, 5) is 19.1. The Labute approximate surface area is 165 Å². The molecule has 2 N–H and O–H groups in total. The van der Waals surface area contributed by atoms with Crippen molar-refractivity contribution in [2.24, 2.45) is 0 Å². The quantitative estimate of drug-likeness (QED) is 0.611. The first kappa shape index (κ1) is 19.8. The first-order valence-corrected chi connectivity index (χ1v) is 9.54. The van der Waals surface area contributed by atoms with Gasteiger partial charge in [-0.2, -0.15) is 4.98 Å². The molecule has 0 radical (unpaired) electrons. The molecule has 0 amide bonds. The number of halogens is 1. The zero-order valence-corrected chi connectivity index (χ0v) is 17.0. The number of aromatic amines is 1. The number of hydrogen-bond donors (Lipinski definition) is 2. The molecule has 1 aromatic carbocycles. The molecule has 28 heavy (non-hydrogen) atoms. The van der Waals surface area contributed by atoms with Gasteiger partial charge in [-0.3, -0.25) is 0 Å². The fourth-order valence-corrected chi connectivity index (χ4v) is 2.86. The molecule has 0 fully saturated rings. The number of anilines is 3. The van der Waals surface area contributed by atoms with Crippen LogP contribution in [-0.2, 0) is 6.54 Å². The van der Waals surface area contributed by atoms with Crippen molar-refractivity contribution in [1.82, 2.24) is 19.9 Å². The van der Waals surface area contributed by atoms with Crippen LogP contribution in [0.1, 0.15) is 49.2 Å². The first-order valence-electron chi connectivity index (χ1n) is 9.54. The lowest BCUT2D eigenvalue weighted by Gasteiger charge is -2.23. The van der Waals surface area contributed by atoms with E-state index in [1.54, 1.807) is 12.1 Å². The minimum Gasteiger partial charge on any atom is -0.337 e. The summed E-state index contributed by atoms with van der Waals surface area (Å²) in [6.45, 7) is 11.4. The summed E-state index contributed by atoms with van der Waals surface area (Å²) < 4.78 is 13.5. The zero-order chi connectivity index (χ0) is 20.3. The number of aryl methyl sites for hydroxylation is 1. The highest BCUT2D eigenvalue weighted by atomic mass is 19.1. The largest absolute Gasteiger partial charge is 0.337 e. The SMILES string of the molecule is CCN(Cc1cccc(F)c1)c1nc(C)c(C)c(Nc2ncc(C(C)C)[nH]2)n1. The van der Waals surface area contributed by atoms with Crippen LogP contribution in [0.4, 0.5) is 22.1 Å². The van der Waals surface area contributed by atoms with Gasteiger partial charge in [0.1, 0.15) is 11.6 Å². The molecule has 0 bridgehead atoms. The lowest BCUT2D eigenvalue weighted by Crippen LogP contribution is -2.25. The standard InChI is InChI=1S/C21H27FN6/c1-6-28(12-16-8-7-9-17(22)10-16)21-24-15(5)14(4)19(27-21)26-20-23-11-18(25-20)13(2)3/h7-11,13H,6,12H2,1-5H3,(H2,23,24,25,26,27). The number of nitrogens with one attached hydrogen (secondary N) is 2. The minimum absolute atomic E-state index is 0.240. The second kappa shape index (κ2) is 8.37. The molecule has 6 nitrogen and oxygen atoms in total. The summed E-state index contributed by atoms with van der Waals surface area (Å²) in [6, 6.07) is 6.61.